The number of fused-ring (bicyclic) bond motifs is 1. The lowest BCUT2D eigenvalue weighted by molar-refractivity contribution is -0.140. The zero-order chi connectivity index (χ0) is 23.4. The molecule has 3 aromatic heterocycles. The van der Waals surface area contributed by atoms with Gasteiger partial charge in [0, 0.05) is 37.8 Å². The first kappa shape index (κ1) is 21.8. The summed E-state index contributed by atoms with van der Waals surface area (Å²) in [6.45, 7) is 0. The van der Waals surface area contributed by atoms with Gasteiger partial charge < -0.3 is 16.8 Å². The first-order valence-corrected chi connectivity index (χ1v) is 9.60. The molecule has 3 heterocycles. The van der Waals surface area contributed by atoms with E-state index in [1.165, 1.54) is 13.2 Å². The standard InChI is InChI=1S/C18H19F5N8O/c1-30-7-10(12(28-30)18(21,22)23)26-16(32)11-14(25)29-31-6-9(13(24)27-15(11)31)8-3-2-4-17(19,20)5-8/h6-8H,2-5H2,1H3,(H2,24,27)(H2,25,29)(H,26,32). The zero-order valence-electron chi connectivity index (χ0n) is 16.7. The molecule has 3 aromatic rings. The highest BCUT2D eigenvalue weighted by atomic mass is 19.4. The maximum absolute atomic E-state index is 13.8. The smallest absolute Gasteiger partial charge is 0.383 e. The van der Waals surface area contributed by atoms with Gasteiger partial charge in [0.25, 0.3) is 5.91 Å². The van der Waals surface area contributed by atoms with Crippen molar-refractivity contribution >= 4 is 28.9 Å². The van der Waals surface area contributed by atoms with Gasteiger partial charge in [-0.05, 0) is 18.8 Å². The van der Waals surface area contributed by atoms with E-state index < -0.39 is 41.7 Å². The molecule has 1 aliphatic rings. The van der Waals surface area contributed by atoms with Gasteiger partial charge in [0.05, 0.1) is 5.69 Å². The van der Waals surface area contributed by atoms with Crippen LogP contribution in [0.15, 0.2) is 12.4 Å². The second-order valence-corrected chi connectivity index (χ2v) is 7.78. The minimum Gasteiger partial charge on any atom is -0.383 e. The van der Waals surface area contributed by atoms with Crippen molar-refractivity contribution in [3.8, 4) is 0 Å². The van der Waals surface area contributed by atoms with Gasteiger partial charge in [-0.3, -0.25) is 9.48 Å². The van der Waals surface area contributed by atoms with Gasteiger partial charge in [0.2, 0.25) is 5.92 Å². The number of hydrogen-bond acceptors (Lipinski definition) is 6. The Morgan fingerprint density at radius 1 is 1.22 bits per heavy atom. The van der Waals surface area contributed by atoms with Gasteiger partial charge in [-0.15, -0.1) is 5.10 Å². The predicted octanol–water partition coefficient (Wildman–Crippen LogP) is 3.19. The van der Waals surface area contributed by atoms with Crippen molar-refractivity contribution in [2.24, 2.45) is 7.05 Å². The number of carbonyl (C=O) groups excluding carboxylic acids is 1. The highest BCUT2D eigenvalue weighted by Gasteiger charge is 2.39. The summed E-state index contributed by atoms with van der Waals surface area (Å²) in [5, 5.41) is 9.41. The van der Waals surface area contributed by atoms with Crippen LogP contribution in [-0.2, 0) is 13.2 Å². The van der Waals surface area contributed by atoms with Crippen molar-refractivity contribution in [1.29, 1.82) is 0 Å². The molecule has 0 spiro atoms. The van der Waals surface area contributed by atoms with E-state index in [0.717, 1.165) is 15.4 Å². The Bertz CT molecular complexity index is 1200. The monoisotopic (exact) mass is 458 g/mol. The van der Waals surface area contributed by atoms with E-state index in [4.69, 9.17) is 11.5 Å². The van der Waals surface area contributed by atoms with Crippen molar-refractivity contribution in [2.45, 2.75) is 43.7 Å². The molecule has 14 heteroatoms. The van der Waals surface area contributed by atoms with Crippen molar-refractivity contribution in [2.75, 3.05) is 16.8 Å². The number of nitrogen functional groups attached to an aromatic ring is 2. The highest BCUT2D eigenvalue weighted by molar-refractivity contribution is 6.11. The lowest BCUT2D eigenvalue weighted by atomic mass is 9.82. The molecule has 1 unspecified atom stereocenters. The molecular formula is C18H19F5N8O. The predicted molar refractivity (Wildman–Crippen MR) is 104 cm³/mol. The van der Waals surface area contributed by atoms with Crippen molar-refractivity contribution in [3.63, 3.8) is 0 Å². The van der Waals surface area contributed by atoms with E-state index in [2.05, 4.69) is 20.5 Å². The molecule has 1 aliphatic carbocycles. The Kier molecular flexibility index (Phi) is 4.97. The fraction of sp³-hybridized carbons (Fsp3) is 0.444. The van der Waals surface area contributed by atoms with E-state index in [-0.39, 0.29) is 29.3 Å². The number of amides is 1. The molecule has 1 fully saturated rings. The van der Waals surface area contributed by atoms with Crippen LogP contribution in [0.3, 0.4) is 0 Å². The Morgan fingerprint density at radius 2 is 1.94 bits per heavy atom. The minimum atomic E-state index is -4.80. The first-order chi connectivity index (χ1) is 14.9. The third-order valence-corrected chi connectivity index (χ3v) is 5.35. The maximum Gasteiger partial charge on any atom is 0.437 e. The molecule has 0 aliphatic heterocycles. The lowest BCUT2D eigenvalue weighted by Gasteiger charge is -2.29. The molecule has 0 saturated heterocycles. The molecular weight excluding hydrogens is 439 g/mol. The lowest BCUT2D eigenvalue weighted by Crippen LogP contribution is -2.25. The average molecular weight is 458 g/mol. The van der Waals surface area contributed by atoms with E-state index >= 15 is 0 Å². The molecule has 1 atom stereocenters. The topological polar surface area (TPSA) is 129 Å². The number of aromatic nitrogens is 5. The summed E-state index contributed by atoms with van der Waals surface area (Å²) in [4.78, 5) is 16.9. The summed E-state index contributed by atoms with van der Waals surface area (Å²) in [6, 6.07) is 0. The van der Waals surface area contributed by atoms with Gasteiger partial charge in [-0.2, -0.15) is 18.3 Å². The van der Waals surface area contributed by atoms with E-state index in [1.807, 2.05) is 0 Å². The first-order valence-electron chi connectivity index (χ1n) is 9.60. The zero-order valence-corrected chi connectivity index (χ0v) is 16.7. The van der Waals surface area contributed by atoms with Gasteiger partial charge in [0.15, 0.2) is 17.2 Å². The molecule has 1 saturated carbocycles. The van der Waals surface area contributed by atoms with E-state index in [1.54, 1.807) is 0 Å². The van der Waals surface area contributed by atoms with Crippen LogP contribution in [0.2, 0.25) is 0 Å². The Labute approximate surface area is 177 Å². The quantitative estimate of drug-likeness (QED) is 0.517. The molecule has 9 nitrogen and oxygen atoms in total. The van der Waals surface area contributed by atoms with Crippen LogP contribution in [0.1, 0.15) is 53.2 Å². The summed E-state index contributed by atoms with van der Waals surface area (Å²) >= 11 is 0. The van der Waals surface area contributed by atoms with Crippen LogP contribution in [0.5, 0.6) is 0 Å². The summed E-state index contributed by atoms with van der Waals surface area (Å²) in [6.07, 6.45) is -2.22. The number of nitrogens with two attached hydrogens (primary N) is 2. The average Bonchev–Trinajstić information content (AvgIpc) is 3.18. The summed E-state index contributed by atoms with van der Waals surface area (Å²) < 4.78 is 69.2. The summed E-state index contributed by atoms with van der Waals surface area (Å²) in [5.74, 6) is -4.76. The maximum atomic E-state index is 13.8. The number of halogens is 5. The summed E-state index contributed by atoms with van der Waals surface area (Å²) in [7, 11) is 1.27. The fourth-order valence-corrected chi connectivity index (χ4v) is 3.96. The summed E-state index contributed by atoms with van der Waals surface area (Å²) in [5.41, 5.74) is 9.90. The van der Waals surface area contributed by atoms with Crippen LogP contribution in [0, 0.1) is 0 Å². The number of carbonyl (C=O) groups is 1. The Balaban J connectivity index is 1.70. The van der Waals surface area contributed by atoms with Crippen molar-refractivity contribution in [3.05, 3.63) is 29.2 Å². The largest absolute Gasteiger partial charge is 0.437 e. The molecule has 32 heavy (non-hydrogen) atoms. The fourth-order valence-electron chi connectivity index (χ4n) is 3.96. The van der Waals surface area contributed by atoms with E-state index in [0.29, 0.717) is 18.4 Å². The van der Waals surface area contributed by atoms with Gasteiger partial charge >= 0.3 is 6.18 Å². The van der Waals surface area contributed by atoms with Crippen LogP contribution >= 0.6 is 0 Å². The SMILES string of the molecule is Cn1cc(NC(=O)c2c(N)nn3cc(C4CCCC(F)(F)C4)c(N)nc23)c(C(F)(F)F)n1. The van der Waals surface area contributed by atoms with Gasteiger partial charge in [-0.1, -0.05) is 0 Å². The number of rotatable bonds is 3. The van der Waals surface area contributed by atoms with Gasteiger partial charge in [0.1, 0.15) is 11.4 Å². The van der Waals surface area contributed by atoms with Crippen molar-refractivity contribution in [1.82, 2.24) is 24.4 Å². The molecule has 4 rings (SSSR count). The molecule has 0 bridgehead atoms. The highest BCUT2D eigenvalue weighted by Crippen LogP contribution is 2.43. The number of hydrogen-bond donors (Lipinski definition) is 3. The normalized spacial score (nSPS) is 18.8. The number of anilines is 3. The van der Waals surface area contributed by atoms with E-state index in [9.17, 15) is 26.7 Å². The molecule has 0 radical (unpaired) electrons. The third kappa shape index (κ3) is 3.91. The van der Waals surface area contributed by atoms with Crippen LogP contribution in [-0.4, -0.2) is 36.2 Å². The molecule has 1 amide bonds. The second-order valence-electron chi connectivity index (χ2n) is 7.78. The number of aryl methyl sites for hydroxylation is 1. The van der Waals surface area contributed by atoms with Crippen LogP contribution in [0.4, 0.5) is 39.3 Å². The molecule has 5 N–H and O–H groups in total. The van der Waals surface area contributed by atoms with Crippen LogP contribution < -0.4 is 16.8 Å². The third-order valence-electron chi connectivity index (χ3n) is 5.35. The van der Waals surface area contributed by atoms with Crippen molar-refractivity contribution < 1.29 is 26.7 Å². The number of nitrogens with zero attached hydrogens (tertiary/aromatic N) is 5. The van der Waals surface area contributed by atoms with Crippen LogP contribution in [0.25, 0.3) is 5.65 Å². The Morgan fingerprint density at radius 3 is 2.59 bits per heavy atom. The number of nitrogens with one attached hydrogen (secondary N) is 1. The molecule has 0 aromatic carbocycles. The minimum absolute atomic E-state index is 0.0773. The second kappa shape index (κ2) is 7.31. The Hall–Kier alpha value is -3.45. The van der Waals surface area contributed by atoms with Gasteiger partial charge in [-0.25, -0.2) is 18.3 Å². The number of alkyl halides is 5. The molecule has 172 valence electrons.